The van der Waals surface area contributed by atoms with Crippen molar-refractivity contribution in [3.05, 3.63) is 176 Å². The van der Waals surface area contributed by atoms with Gasteiger partial charge in [0.2, 0.25) is 0 Å². The van der Waals surface area contributed by atoms with Crippen LogP contribution in [0.1, 0.15) is 0 Å². The second kappa shape index (κ2) is 12.1. The first kappa shape index (κ1) is 32.6. The van der Waals surface area contributed by atoms with Crippen molar-refractivity contribution in [2.24, 2.45) is 0 Å². The maximum Gasteiger partial charge on any atom is 0.0541 e. The van der Waals surface area contributed by atoms with Crippen molar-refractivity contribution in [1.29, 1.82) is 0 Å². The van der Waals surface area contributed by atoms with Gasteiger partial charge in [-0.2, -0.15) is 0 Å². The number of hydrogen-bond acceptors (Lipinski definition) is 4. The van der Waals surface area contributed by atoms with Gasteiger partial charge >= 0.3 is 0 Å². The second-order valence-corrected chi connectivity index (χ2v) is 19.8. The molecule has 0 N–H and O–H groups in total. The smallest absolute Gasteiger partial charge is 0.0541 e. The second-order valence-electron chi connectivity index (χ2n) is 15.6. The highest BCUT2D eigenvalue weighted by atomic mass is 32.1. The summed E-state index contributed by atoms with van der Waals surface area (Å²) in [5, 5.41) is 13.4. The van der Waals surface area contributed by atoms with Crippen LogP contribution in [0.25, 0.3) is 130 Å². The van der Waals surface area contributed by atoms with E-state index in [0.717, 1.165) is 0 Å². The summed E-state index contributed by atoms with van der Waals surface area (Å²) in [5.74, 6) is 0. The highest BCUT2D eigenvalue weighted by Crippen LogP contribution is 2.47. The normalized spacial score (nSPS) is 12.4. The maximum absolute atomic E-state index is 2.43. The van der Waals surface area contributed by atoms with Crippen LogP contribution in [0.3, 0.4) is 0 Å². The first-order valence-corrected chi connectivity index (χ1v) is 23.2. The number of aromatic nitrogens is 1. The molecule has 5 aromatic heterocycles. The van der Waals surface area contributed by atoms with E-state index in [9.17, 15) is 0 Å². The van der Waals surface area contributed by atoms with Crippen molar-refractivity contribution < 1.29 is 0 Å². The van der Waals surface area contributed by atoms with Gasteiger partial charge in [0.15, 0.2) is 0 Å². The Bertz CT molecular complexity index is 4080. The average Bonchev–Trinajstić information content (AvgIpc) is 4.10. The maximum atomic E-state index is 2.43. The summed E-state index contributed by atoms with van der Waals surface area (Å²) in [6, 6.07) is 66.1. The molecule has 5 heterocycles. The molecule has 0 bridgehead atoms. The molecule has 59 heavy (non-hydrogen) atoms. The zero-order valence-electron chi connectivity index (χ0n) is 31.3. The molecule has 0 fully saturated rings. The molecule has 5 heteroatoms. The molecule has 274 valence electrons. The van der Waals surface area contributed by atoms with Gasteiger partial charge in [0, 0.05) is 87.7 Å². The lowest BCUT2D eigenvalue weighted by molar-refractivity contribution is 1.18. The van der Waals surface area contributed by atoms with Gasteiger partial charge in [-0.15, -0.1) is 45.3 Å². The quantitative estimate of drug-likeness (QED) is 0.167. The molecular formula is C54H29NS4. The van der Waals surface area contributed by atoms with Gasteiger partial charge in [-0.1, -0.05) is 97.1 Å². The zero-order valence-corrected chi connectivity index (χ0v) is 34.6. The molecule has 0 radical (unpaired) electrons. The van der Waals surface area contributed by atoms with E-state index in [1.807, 2.05) is 45.3 Å². The van der Waals surface area contributed by atoms with E-state index >= 15 is 0 Å². The minimum atomic E-state index is 1.17. The Balaban J connectivity index is 0.946. The summed E-state index contributed by atoms with van der Waals surface area (Å²) in [6.45, 7) is 0. The molecule has 0 spiro atoms. The van der Waals surface area contributed by atoms with Crippen molar-refractivity contribution in [2.75, 3.05) is 0 Å². The van der Waals surface area contributed by atoms with Gasteiger partial charge in [0.05, 0.1) is 20.4 Å². The highest BCUT2D eigenvalue weighted by molar-refractivity contribution is 7.33. The third kappa shape index (κ3) is 4.64. The number of thiophene rings is 4. The molecule has 14 aromatic rings. The van der Waals surface area contributed by atoms with Crippen molar-refractivity contribution >= 4 is 148 Å². The van der Waals surface area contributed by atoms with E-state index in [2.05, 4.69) is 180 Å². The van der Waals surface area contributed by atoms with E-state index < -0.39 is 0 Å². The minimum absolute atomic E-state index is 1.17. The molecule has 0 saturated carbocycles. The number of hydrogen-bond donors (Lipinski definition) is 0. The predicted molar refractivity (Wildman–Crippen MR) is 263 cm³/mol. The monoisotopic (exact) mass is 819 g/mol. The molecule has 0 unspecified atom stereocenters. The number of rotatable bonds is 3. The average molecular weight is 820 g/mol. The molecule has 0 saturated heterocycles. The molecule has 0 aliphatic carbocycles. The van der Waals surface area contributed by atoms with Crippen molar-refractivity contribution in [1.82, 2.24) is 4.57 Å². The van der Waals surface area contributed by atoms with Crippen molar-refractivity contribution in [2.45, 2.75) is 0 Å². The first-order chi connectivity index (χ1) is 29.2. The summed E-state index contributed by atoms with van der Waals surface area (Å²) in [4.78, 5) is 0. The van der Waals surface area contributed by atoms with E-state index in [1.54, 1.807) is 0 Å². The molecule has 0 atom stereocenters. The number of para-hydroxylation sites is 1. The van der Waals surface area contributed by atoms with Crippen LogP contribution >= 0.6 is 45.3 Å². The van der Waals surface area contributed by atoms with E-state index in [4.69, 9.17) is 0 Å². The number of nitrogens with zero attached hydrogens (tertiary/aromatic N) is 1. The van der Waals surface area contributed by atoms with Crippen LogP contribution in [0.2, 0.25) is 0 Å². The third-order valence-corrected chi connectivity index (χ3v) is 17.3. The lowest BCUT2D eigenvalue weighted by Crippen LogP contribution is -1.93. The molecule has 0 aliphatic heterocycles. The van der Waals surface area contributed by atoms with E-state index in [-0.39, 0.29) is 0 Å². The van der Waals surface area contributed by atoms with Crippen LogP contribution in [-0.4, -0.2) is 4.57 Å². The fourth-order valence-electron chi connectivity index (χ4n) is 9.66. The van der Waals surface area contributed by atoms with Crippen molar-refractivity contribution in [3.63, 3.8) is 0 Å². The van der Waals surface area contributed by atoms with E-state index in [0.29, 0.717) is 0 Å². The Kier molecular flexibility index (Phi) is 6.69. The topological polar surface area (TPSA) is 4.93 Å². The molecule has 1 nitrogen and oxygen atoms in total. The zero-order chi connectivity index (χ0) is 38.3. The number of fused-ring (bicyclic) bond motifs is 17. The molecule has 0 amide bonds. The lowest BCUT2D eigenvalue weighted by Gasteiger charge is -2.09. The Morgan fingerprint density at radius 3 is 1.36 bits per heavy atom. The molecule has 9 aromatic carbocycles. The largest absolute Gasteiger partial charge is 0.309 e. The Morgan fingerprint density at radius 1 is 0.271 bits per heavy atom. The molecule has 14 rings (SSSR count). The van der Waals surface area contributed by atoms with Gasteiger partial charge in [0.25, 0.3) is 0 Å². The van der Waals surface area contributed by atoms with Gasteiger partial charge < -0.3 is 4.57 Å². The van der Waals surface area contributed by atoms with Crippen LogP contribution in [0.4, 0.5) is 0 Å². The molecular weight excluding hydrogens is 791 g/mol. The van der Waals surface area contributed by atoms with E-state index in [1.165, 1.54) is 130 Å². The molecule has 0 aliphatic rings. The van der Waals surface area contributed by atoms with Crippen LogP contribution in [-0.2, 0) is 0 Å². The SMILES string of the molecule is c1ccc(-n2c3ccc(-c4ccc5sc6c(ccc7c8ccccc8sc76)c5c4)cc3c3cc(-c4ccc5sc6c(ccc7sc8ccccc8c76)c5c4)ccc32)cc1. The summed E-state index contributed by atoms with van der Waals surface area (Å²) in [5.41, 5.74) is 8.56. The van der Waals surface area contributed by atoms with Gasteiger partial charge in [-0.3, -0.25) is 0 Å². The van der Waals surface area contributed by atoms with Crippen LogP contribution in [0.15, 0.2) is 176 Å². The number of benzene rings is 9. The Morgan fingerprint density at radius 2 is 0.712 bits per heavy atom. The summed E-state index contributed by atoms with van der Waals surface area (Å²) < 4.78 is 13.4. The van der Waals surface area contributed by atoms with Gasteiger partial charge in [0.1, 0.15) is 0 Å². The third-order valence-electron chi connectivity index (χ3n) is 12.4. The first-order valence-electron chi connectivity index (χ1n) is 19.9. The predicted octanol–water partition coefficient (Wildman–Crippen LogP) is 17.6. The lowest BCUT2D eigenvalue weighted by atomic mass is 9.98. The fourth-order valence-corrected chi connectivity index (χ4v) is 14.6. The summed E-state index contributed by atoms with van der Waals surface area (Å²) in [7, 11) is 0. The summed E-state index contributed by atoms with van der Waals surface area (Å²) >= 11 is 7.67. The standard InChI is InChI=1S/C54H29NS4/c1-2-8-34(9-3-1)55-44-21-14-30(32-16-23-48-42(28-32)37-20-25-50-51(52(37)57-48)39-11-5-7-13-47(39)56-50)26-40(44)41-27-31(15-22-45(41)55)33-17-24-49-43(29-33)38-19-18-36-35-10-4-6-12-46(35)58-53(36)54(38)59-49/h1-29H. The minimum Gasteiger partial charge on any atom is -0.309 e. The highest BCUT2D eigenvalue weighted by Gasteiger charge is 2.18. The van der Waals surface area contributed by atoms with Crippen molar-refractivity contribution in [3.8, 4) is 27.9 Å². The fraction of sp³-hybridized carbons (Fsp3) is 0. The van der Waals surface area contributed by atoms with Crippen LogP contribution in [0, 0.1) is 0 Å². The van der Waals surface area contributed by atoms with Crippen LogP contribution in [0.5, 0.6) is 0 Å². The Hall–Kier alpha value is -6.34. The van der Waals surface area contributed by atoms with Gasteiger partial charge in [-0.25, -0.2) is 0 Å². The summed E-state index contributed by atoms with van der Waals surface area (Å²) in [6.07, 6.45) is 0. The Labute approximate surface area is 353 Å². The van der Waals surface area contributed by atoms with Crippen LogP contribution < -0.4 is 0 Å². The van der Waals surface area contributed by atoms with Gasteiger partial charge in [-0.05, 0) is 101 Å².